The van der Waals surface area contributed by atoms with Crippen LogP contribution in [-0.2, 0) is 11.0 Å². The number of halogens is 4. The molecule has 10 heteroatoms. The Morgan fingerprint density at radius 2 is 1.97 bits per heavy atom. The average Bonchev–Trinajstić information content (AvgIpc) is 3.26. The first-order chi connectivity index (χ1) is 14.5. The highest BCUT2D eigenvalue weighted by molar-refractivity contribution is 6.30. The number of allylic oxidation sites excluding steroid dienone is 1. The first-order valence-electron chi connectivity index (χ1n) is 9.73. The van der Waals surface area contributed by atoms with E-state index in [0.29, 0.717) is 35.1 Å². The Labute approximate surface area is 183 Å². The lowest BCUT2D eigenvalue weighted by atomic mass is 10.0. The molecule has 1 aromatic carbocycles. The van der Waals surface area contributed by atoms with Crippen LogP contribution in [-0.4, -0.2) is 32.6 Å². The van der Waals surface area contributed by atoms with E-state index in [1.165, 1.54) is 22.6 Å². The summed E-state index contributed by atoms with van der Waals surface area (Å²) in [6.07, 6.45) is -2.04. The standard InChI is InChI=1S/C21H23ClF3N5O/c1-12(2)19(28-15-6-4-14(22)5-7-15)17(10-26)29-9-8-16(20(29)31)30-11-18(21(23,24)25)27-13(30)3/h4-7,10-12,16H,8-9,26H2,1-3H3. The number of hydrogen-bond donors (Lipinski definition) is 1. The molecule has 1 fully saturated rings. The van der Waals surface area contributed by atoms with Crippen molar-refractivity contribution in [2.45, 2.75) is 39.4 Å². The molecule has 1 saturated heterocycles. The number of carbonyl (C=O) groups is 1. The van der Waals surface area contributed by atoms with E-state index in [4.69, 9.17) is 17.3 Å². The van der Waals surface area contributed by atoms with E-state index >= 15 is 0 Å². The molecule has 31 heavy (non-hydrogen) atoms. The van der Waals surface area contributed by atoms with Gasteiger partial charge < -0.3 is 15.2 Å². The molecule has 2 heterocycles. The lowest BCUT2D eigenvalue weighted by molar-refractivity contribution is -0.141. The summed E-state index contributed by atoms with van der Waals surface area (Å²) < 4.78 is 40.4. The van der Waals surface area contributed by atoms with Crippen molar-refractivity contribution in [3.8, 4) is 0 Å². The second kappa shape index (κ2) is 8.74. The van der Waals surface area contributed by atoms with Gasteiger partial charge in [-0.3, -0.25) is 9.79 Å². The highest BCUT2D eigenvalue weighted by atomic mass is 35.5. The van der Waals surface area contributed by atoms with Gasteiger partial charge in [-0.05, 0) is 43.5 Å². The molecule has 0 saturated carbocycles. The number of aromatic nitrogens is 2. The Morgan fingerprint density at radius 1 is 1.32 bits per heavy atom. The summed E-state index contributed by atoms with van der Waals surface area (Å²) >= 11 is 5.93. The zero-order chi connectivity index (χ0) is 22.9. The molecule has 0 aliphatic carbocycles. The first-order valence-corrected chi connectivity index (χ1v) is 10.1. The van der Waals surface area contributed by atoms with Crippen molar-refractivity contribution in [2.75, 3.05) is 6.54 Å². The van der Waals surface area contributed by atoms with E-state index in [-0.39, 0.29) is 17.6 Å². The van der Waals surface area contributed by atoms with Crippen LogP contribution in [0.5, 0.6) is 0 Å². The minimum absolute atomic E-state index is 0.0656. The second-order valence-corrected chi connectivity index (χ2v) is 7.99. The van der Waals surface area contributed by atoms with Crippen molar-refractivity contribution < 1.29 is 18.0 Å². The van der Waals surface area contributed by atoms with Crippen LogP contribution in [0, 0.1) is 12.8 Å². The fourth-order valence-electron chi connectivity index (χ4n) is 3.55. The van der Waals surface area contributed by atoms with E-state index < -0.39 is 17.9 Å². The van der Waals surface area contributed by atoms with Gasteiger partial charge >= 0.3 is 6.18 Å². The Bertz CT molecular complexity index is 1020. The van der Waals surface area contributed by atoms with Gasteiger partial charge in [0.25, 0.3) is 0 Å². The average molecular weight is 454 g/mol. The zero-order valence-corrected chi connectivity index (χ0v) is 18.1. The SMILES string of the molecule is Cc1nc(C(F)(F)F)cn1C1CCN(C(=CN)C(=Nc2ccc(Cl)cc2)C(C)C)C1=O. The Balaban J connectivity index is 1.92. The van der Waals surface area contributed by atoms with Crippen LogP contribution in [0.15, 0.2) is 47.4 Å². The molecule has 1 aliphatic heterocycles. The van der Waals surface area contributed by atoms with Crippen LogP contribution in [0.3, 0.4) is 0 Å². The summed E-state index contributed by atoms with van der Waals surface area (Å²) in [5, 5.41) is 0.575. The fourth-order valence-corrected chi connectivity index (χ4v) is 3.68. The van der Waals surface area contributed by atoms with Crippen molar-refractivity contribution in [3.63, 3.8) is 0 Å². The predicted molar refractivity (Wildman–Crippen MR) is 113 cm³/mol. The van der Waals surface area contributed by atoms with Gasteiger partial charge in [0.2, 0.25) is 5.91 Å². The maximum Gasteiger partial charge on any atom is 0.434 e. The highest BCUT2D eigenvalue weighted by Gasteiger charge is 2.40. The number of amides is 1. The number of rotatable bonds is 5. The summed E-state index contributed by atoms with van der Waals surface area (Å²) in [5.41, 5.74) is 6.54. The zero-order valence-electron chi connectivity index (χ0n) is 17.3. The van der Waals surface area contributed by atoms with Crippen molar-refractivity contribution in [1.29, 1.82) is 0 Å². The first kappa shape index (κ1) is 22.9. The van der Waals surface area contributed by atoms with Crippen LogP contribution in [0.25, 0.3) is 0 Å². The number of carbonyl (C=O) groups excluding carboxylic acids is 1. The number of alkyl halides is 3. The molecule has 6 nitrogen and oxygen atoms in total. The van der Waals surface area contributed by atoms with Gasteiger partial charge in [-0.1, -0.05) is 25.4 Å². The molecule has 1 atom stereocenters. The molecule has 1 aromatic heterocycles. The number of nitrogens with zero attached hydrogens (tertiary/aromatic N) is 4. The number of benzene rings is 1. The molecule has 2 aromatic rings. The fraction of sp³-hybridized carbons (Fsp3) is 0.381. The van der Waals surface area contributed by atoms with Gasteiger partial charge in [0.1, 0.15) is 11.9 Å². The molecular weight excluding hydrogens is 431 g/mol. The smallest absolute Gasteiger partial charge is 0.403 e. The molecule has 2 N–H and O–H groups in total. The molecule has 0 spiro atoms. The minimum Gasteiger partial charge on any atom is -0.403 e. The minimum atomic E-state index is -4.57. The third-order valence-electron chi connectivity index (χ3n) is 5.05. The molecule has 0 radical (unpaired) electrons. The number of likely N-dealkylation sites (tertiary alicyclic amines) is 1. The molecule has 1 unspecified atom stereocenters. The van der Waals surface area contributed by atoms with E-state index in [1.54, 1.807) is 24.3 Å². The quantitative estimate of drug-likeness (QED) is 0.656. The summed E-state index contributed by atoms with van der Waals surface area (Å²) in [7, 11) is 0. The molecule has 3 rings (SSSR count). The van der Waals surface area contributed by atoms with Crippen molar-refractivity contribution in [1.82, 2.24) is 14.5 Å². The second-order valence-electron chi connectivity index (χ2n) is 7.55. The van der Waals surface area contributed by atoms with Gasteiger partial charge in [0, 0.05) is 24.0 Å². The Kier molecular flexibility index (Phi) is 6.45. The number of aryl methyl sites for hydroxylation is 1. The van der Waals surface area contributed by atoms with Gasteiger partial charge in [-0.2, -0.15) is 13.2 Å². The monoisotopic (exact) mass is 453 g/mol. The third kappa shape index (κ3) is 4.76. The van der Waals surface area contributed by atoms with E-state index in [1.807, 2.05) is 13.8 Å². The molecule has 0 bridgehead atoms. The van der Waals surface area contributed by atoms with E-state index in [0.717, 1.165) is 6.20 Å². The topological polar surface area (TPSA) is 76.5 Å². The van der Waals surface area contributed by atoms with Gasteiger partial charge in [0.15, 0.2) is 5.69 Å². The van der Waals surface area contributed by atoms with E-state index in [2.05, 4.69) is 9.98 Å². The van der Waals surface area contributed by atoms with E-state index in [9.17, 15) is 18.0 Å². The largest absolute Gasteiger partial charge is 0.434 e. The van der Waals surface area contributed by atoms with Gasteiger partial charge in [-0.25, -0.2) is 4.98 Å². The van der Waals surface area contributed by atoms with Crippen LogP contribution < -0.4 is 5.73 Å². The molecular formula is C21H23ClF3N5O. The number of aliphatic imine (C=N–C) groups is 1. The summed E-state index contributed by atoms with van der Waals surface area (Å²) in [5.74, 6) is -0.288. The number of nitrogens with two attached hydrogens (primary N) is 1. The van der Waals surface area contributed by atoms with Gasteiger partial charge in [-0.15, -0.1) is 0 Å². The predicted octanol–water partition coefficient (Wildman–Crippen LogP) is 4.87. The van der Waals surface area contributed by atoms with Crippen LogP contribution in [0.4, 0.5) is 18.9 Å². The third-order valence-corrected chi connectivity index (χ3v) is 5.31. The maximum atomic E-state index is 13.2. The van der Waals surface area contributed by atoms with Crippen molar-refractivity contribution >= 4 is 28.9 Å². The Morgan fingerprint density at radius 3 is 2.48 bits per heavy atom. The van der Waals surface area contributed by atoms with Crippen LogP contribution >= 0.6 is 11.6 Å². The number of imidazole rings is 1. The Hall–Kier alpha value is -2.81. The van der Waals surface area contributed by atoms with Crippen molar-refractivity contribution in [2.24, 2.45) is 16.6 Å². The van der Waals surface area contributed by atoms with Crippen LogP contribution in [0.1, 0.15) is 37.8 Å². The highest BCUT2D eigenvalue weighted by Crippen LogP contribution is 2.33. The van der Waals surface area contributed by atoms with Crippen LogP contribution in [0.2, 0.25) is 5.02 Å². The summed E-state index contributed by atoms with van der Waals surface area (Å²) in [4.78, 5) is 22.9. The molecule has 166 valence electrons. The maximum absolute atomic E-state index is 13.2. The van der Waals surface area contributed by atoms with Gasteiger partial charge in [0.05, 0.1) is 17.1 Å². The lowest BCUT2D eigenvalue weighted by Crippen LogP contribution is -2.33. The molecule has 1 amide bonds. The summed E-state index contributed by atoms with van der Waals surface area (Å²) in [6, 6.07) is 6.13. The normalized spacial score (nSPS) is 18.4. The number of hydrogen-bond acceptors (Lipinski definition) is 4. The van der Waals surface area contributed by atoms with Crippen molar-refractivity contribution in [3.05, 3.63) is 58.9 Å². The lowest BCUT2D eigenvalue weighted by Gasteiger charge is -2.24. The summed E-state index contributed by atoms with van der Waals surface area (Å²) in [6.45, 7) is 5.60. The molecule has 1 aliphatic rings.